The predicted molar refractivity (Wildman–Crippen MR) is 73.3 cm³/mol. The van der Waals surface area contributed by atoms with Crippen molar-refractivity contribution in [2.45, 2.75) is 12.8 Å². The van der Waals surface area contributed by atoms with E-state index >= 15 is 0 Å². The number of aryl methyl sites for hydroxylation is 1. The van der Waals surface area contributed by atoms with Crippen LogP contribution in [0.4, 0.5) is 11.4 Å². The molecule has 0 aliphatic carbocycles. The van der Waals surface area contributed by atoms with Gasteiger partial charge < -0.3 is 20.3 Å². The molecule has 0 bridgehead atoms. The van der Waals surface area contributed by atoms with Crippen molar-refractivity contribution in [3.63, 3.8) is 0 Å². The summed E-state index contributed by atoms with van der Waals surface area (Å²) in [4.78, 5) is 0. The molecule has 19 heavy (non-hydrogen) atoms. The topological polar surface area (TPSA) is 61.7 Å². The van der Waals surface area contributed by atoms with Gasteiger partial charge in [0.15, 0.2) is 0 Å². The van der Waals surface area contributed by atoms with E-state index in [1.165, 1.54) is 0 Å². The predicted octanol–water partition coefficient (Wildman–Crippen LogP) is 3.17. The lowest BCUT2D eigenvalue weighted by atomic mass is 10.1. The molecule has 0 radical (unpaired) electrons. The minimum Gasteiger partial charge on any atom is -0.506 e. The number of ether oxygens (including phenoxy) is 1. The van der Waals surface area contributed by atoms with Gasteiger partial charge in [0.2, 0.25) is 0 Å². The Kier molecular flexibility index (Phi) is 2.91. The van der Waals surface area contributed by atoms with E-state index in [1.807, 2.05) is 6.07 Å². The number of anilines is 2. The van der Waals surface area contributed by atoms with Gasteiger partial charge in [0.1, 0.15) is 17.2 Å². The monoisotopic (exact) mass is 257 g/mol. The van der Waals surface area contributed by atoms with Gasteiger partial charge in [0, 0.05) is 6.07 Å². The van der Waals surface area contributed by atoms with Crippen LogP contribution in [0.15, 0.2) is 36.4 Å². The molecule has 0 atom stereocenters. The molecule has 0 unspecified atom stereocenters. The Morgan fingerprint density at radius 3 is 2.68 bits per heavy atom. The van der Waals surface area contributed by atoms with Gasteiger partial charge in [0.25, 0.3) is 0 Å². The lowest BCUT2D eigenvalue weighted by molar-refractivity contribution is 0.287. The van der Waals surface area contributed by atoms with Crippen LogP contribution in [0.2, 0.25) is 0 Å². The van der Waals surface area contributed by atoms with Crippen molar-refractivity contribution < 1.29 is 14.9 Å². The fourth-order valence-corrected chi connectivity index (χ4v) is 2.21. The largest absolute Gasteiger partial charge is 0.506 e. The third-order valence-corrected chi connectivity index (χ3v) is 3.20. The van der Waals surface area contributed by atoms with Crippen LogP contribution in [0.25, 0.3) is 0 Å². The van der Waals surface area contributed by atoms with Crippen LogP contribution in [0.5, 0.6) is 17.2 Å². The van der Waals surface area contributed by atoms with Crippen molar-refractivity contribution >= 4 is 11.4 Å². The summed E-state index contributed by atoms with van der Waals surface area (Å²) in [6.07, 6.45) is 1.89. The van der Waals surface area contributed by atoms with Gasteiger partial charge in [-0.1, -0.05) is 12.1 Å². The van der Waals surface area contributed by atoms with Crippen molar-refractivity contribution in [2.75, 3.05) is 11.9 Å². The van der Waals surface area contributed by atoms with Gasteiger partial charge in [0.05, 0.1) is 18.0 Å². The van der Waals surface area contributed by atoms with E-state index in [9.17, 15) is 10.2 Å². The number of benzene rings is 2. The Morgan fingerprint density at radius 1 is 1.00 bits per heavy atom. The van der Waals surface area contributed by atoms with Gasteiger partial charge in [-0.3, -0.25) is 0 Å². The highest BCUT2D eigenvalue weighted by Crippen LogP contribution is 2.37. The van der Waals surface area contributed by atoms with Gasteiger partial charge in [-0.05, 0) is 36.6 Å². The molecule has 1 aliphatic heterocycles. The van der Waals surface area contributed by atoms with Gasteiger partial charge in [-0.25, -0.2) is 0 Å². The normalized spacial score (nSPS) is 13.5. The van der Waals surface area contributed by atoms with Crippen LogP contribution in [0.1, 0.15) is 12.0 Å². The van der Waals surface area contributed by atoms with Gasteiger partial charge in [-0.2, -0.15) is 0 Å². The molecule has 0 fully saturated rings. The molecular formula is C15H15NO3. The van der Waals surface area contributed by atoms with Crippen LogP contribution in [-0.2, 0) is 6.42 Å². The molecule has 98 valence electrons. The zero-order chi connectivity index (χ0) is 13.2. The quantitative estimate of drug-likeness (QED) is 0.723. The molecular weight excluding hydrogens is 242 g/mol. The summed E-state index contributed by atoms with van der Waals surface area (Å²) in [7, 11) is 0. The summed E-state index contributed by atoms with van der Waals surface area (Å²) >= 11 is 0. The van der Waals surface area contributed by atoms with Crippen molar-refractivity contribution in [2.24, 2.45) is 0 Å². The minimum absolute atomic E-state index is 0.139. The average molecular weight is 257 g/mol. The van der Waals surface area contributed by atoms with E-state index in [-0.39, 0.29) is 11.5 Å². The van der Waals surface area contributed by atoms with Crippen LogP contribution < -0.4 is 10.1 Å². The van der Waals surface area contributed by atoms with Gasteiger partial charge in [-0.15, -0.1) is 0 Å². The van der Waals surface area contributed by atoms with Crippen molar-refractivity contribution in [3.05, 3.63) is 42.0 Å². The first-order valence-corrected chi connectivity index (χ1v) is 6.28. The Labute approximate surface area is 111 Å². The first kappa shape index (κ1) is 11.7. The molecule has 0 spiro atoms. The Hall–Kier alpha value is -2.36. The molecule has 3 rings (SSSR count). The van der Waals surface area contributed by atoms with Crippen LogP contribution in [-0.4, -0.2) is 16.8 Å². The van der Waals surface area contributed by atoms with E-state index in [1.54, 1.807) is 30.3 Å². The second kappa shape index (κ2) is 4.72. The first-order valence-electron chi connectivity index (χ1n) is 6.28. The molecule has 0 amide bonds. The molecule has 4 heteroatoms. The molecule has 1 aliphatic rings. The lowest BCUT2D eigenvalue weighted by Crippen LogP contribution is -2.08. The SMILES string of the molecule is Oc1ccccc1Nc1cc2c(cc1O)CCCO2. The zero-order valence-electron chi connectivity index (χ0n) is 10.4. The highest BCUT2D eigenvalue weighted by Gasteiger charge is 2.14. The number of para-hydroxylation sites is 2. The maximum Gasteiger partial charge on any atom is 0.139 e. The van der Waals surface area contributed by atoms with Crippen molar-refractivity contribution in [1.29, 1.82) is 0 Å². The summed E-state index contributed by atoms with van der Waals surface area (Å²) < 4.78 is 5.57. The first-order chi connectivity index (χ1) is 9.24. The number of fused-ring (bicyclic) bond motifs is 1. The van der Waals surface area contributed by atoms with E-state index in [4.69, 9.17) is 4.74 Å². The van der Waals surface area contributed by atoms with Crippen molar-refractivity contribution in [3.8, 4) is 17.2 Å². The third-order valence-electron chi connectivity index (χ3n) is 3.20. The smallest absolute Gasteiger partial charge is 0.139 e. The summed E-state index contributed by atoms with van der Waals surface area (Å²) in [6, 6.07) is 10.4. The fraction of sp³-hybridized carbons (Fsp3) is 0.200. The Balaban J connectivity index is 1.95. The number of rotatable bonds is 2. The summed E-state index contributed by atoms with van der Waals surface area (Å²) in [6.45, 7) is 0.702. The number of hydrogen-bond donors (Lipinski definition) is 3. The molecule has 2 aromatic carbocycles. The highest BCUT2D eigenvalue weighted by atomic mass is 16.5. The maximum atomic E-state index is 10.0. The average Bonchev–Trinajstić information content (AvgIpc) is 2.42. The van der Waals surface area contributed by atoms with E-state index < -0.39 is 0 Å². The third kappa shape index (κ3) is 2.29. The van der Waals surface area contributed by atoms with E-state index in [0.29, 0.717) is 18.0 Å². The van der Waals surface area contributed by atoms with E-state index in [2.05, 4.69) is 5.32 Å². The number of phenols is 2. The Bertz CT molecular complexity index is 610. The second-order valence-electron chi connectivity index (χ2n) is 4.57. The number of phenolic OH excluding ortho intramolecular Hbond substituents is 2. The van der Waals surface area contributed by atoms with Crippen molar-refractivity contribution in [1.82, 2.24) is 0 Å². The standard InChI is InChI=1S/C15H15NO3/c17-13-6-2-1-5-11(13)16-12-9-15-10(8-14(12)18)4-3-7-19-15/h1-2,5-6,8-9,16-18H,3-4,7H2. The minimum atomic E-state index is 0.139. The summed E-state index contributed by atoms with van der Waals surface area (Å²) in [5.74, 6) is 1.09. The van der Waals surface area contributed by atoms with E-state index in [0.717, 1.165) is 24.2 Å². The fourth-order valence-electron chi connectivity index (χ4n) is 2.21. The van der Waals surface area contributed by atoms with Crippen LogP contribution in [0.3, 0.4) is 0 Å². The lowest BCUT2D eigenvalue weighted by Gasteiger charge is -2.19. The molecule has 4 nitrogen and oxygen atoms in total. The van der Waals surface area contributed by atoms with Gasteiger partial charge >= 0.3 is 0 Å². The molecule has 0 aromatic heterocycles. The number of hydrogen-bond acceptors (Lipinski definition) is 4. The molecule has 1 heterocycles. The number of nitrogens with one attached hydrogen (secondary N) is 1. The van der Waals surface area contributed by atoms with Crippen LogP contribution >= 0.6 is 0 Å². The summed E-state index contributed by atoms with van der Waals surface area (Å²) in [5, 5.41) is 22.8. The molecule has 0 saturated carbocycles. The van der Waals surface area contributed by atoms with Crippen LogP contribution in [0, 0.1) is 0 Å². The number of aromatic hydroxyl groups is 2. The second-order valence-corrected chi connectivity index (χ2v) is 4.57. The molecule has 3 N–H and O–H groups in total. The molecule has 2 aromatic rings. The Morgan fingerprint density at radius 2 is 1.84 bits per heavy atom. The summed E-state index contributed by atoms with van der Waals surface area (Å²) in [5.41, 5.74) is 2.10. The maximum absolute atomic E-state index is 10.0. The molecule has 0 saturated heterocycles. The highest BCUT2D eigenvalue weighted by molar-refractivity contribution is 5.72. The zero-order valence-corrected chi connectivity index (χ0v) is 10.4.